The Hall–Kier alpha value is -2.76. The zero-order chi connectivity index (χ0) is 15.8. The number of pyridine rings is 1. The Morgan fingerprint density at radius 2 is 1.95 bits per heavy atom. The molecule has 0 atom stereocenters. The molecule has 1 N–H and O–H groups in total. The van der Waals surface area contributed by atoms with Crippen LogP contribution < -0.4 is 19.5 Å². The summed E-state index contributed by atoms with van der Waals surface area (Å²) in [5, 5.41) is 2.77. The van der Waals surface area contributed by atoms with Crippen LogP contribution in [0.5, 0.6) is 17.4 Å². The van der Waals surface area contributed by atoms with E-state index in [0.29, 0.717) is 23.9 Å². The molecule has 1 aromatic carbocycles. The quantitative estimate of drug-likeness (QED) is 0.844. The zero-order valence-electron chi connectivity index (χ0n) is 12.5. The van der Waals surface area contributed by atoms with Gasteiger partial charge in [0, 0.05) is 18.8 Å². The number of amides is 1. The average Bonchev–Trinajstić information content (AvgIpc) is 2.58. The number of nitrogens with one attached hydrogen (secondary N) is 1. The number of rotatable bonds is 7. The van der Waals surface area contributed by atoms with E-state index < -0.39 is 0 Å². The number of hydrogen-bond donors (Lipinski definition) is 1. The molecule has 0 aliphatic rings. The van der Waals surface area contributed by atoms with Gasteiger partial charge in [0.05, 0.1) is 14.2 Å². The average molecular weight is 302 g/mol. The Morgan fingerprint density at radius 1 is 1.14 bits per heavy atom. The molecular weight excluding hydrogens is 284 g/mol. The van der Waals surface area contributed by atoms with E-state index in [1.165, 1.54) is 0 Å². The van der Waals surface area contributed by atoms with Crippen LogP contribution in [0.3, 0.4) is 0 Å². The lowest BCUT2D eigenvalue weighted by Gasteiger charge is -2.10. The molecule has 0 aliphatic carbocycles. The second-order valence-electron chi connectivity index (χ2n) is 4.42. The minimum absolute atomic E-state index is 0.0791. The fourth-order valence-corrected chi connectivity index (χ4v) is 1.81. The summed E-state index contributed by atoms with van der Waals surface area (Å²) in [4.78, 5) is 15.7. The molecule has 1 amide bonds. The second kappa shape index (κ2) is 7.87. The van der Waals surface area contributed by atoms with E-state index in [1.807, 2.05) is 12.1 Å². The zero-order valence-corrected chi connectivity index (χ0v) is 12.5. The van der Waals surface area contributed by atoms with Crippen molar-refractivity contribution in [3.05, 3.63) is 48.2 Å². The van der Waals surface area contributed by atoms with Crippen molar-refractivity contribution in [2.75, 3.05) is 20.8 Å². The summed E-state index contributed by atoms with van der Waals surface area (Å²) < 4.78 is 15.7. The molecule has 0 fully saturated rings. The predicted octanol–water partition coefficient (Wildman–Crippen LogP) is 1.79. The summed E-state index contributed by atoms with van der Waals surface area (Å²) in [6.07, 6.45) is 1.61. The third-order valence-electron chi connectivity index (χ3n) is 2.93. The number of nitrogens with zero attached hydrogens (tertiary/aromatic N) is 1. The van der Waals surface area contributed by atoms with Gasteiger partial charge in [-0.2, -0.15) is 0 Å². The molecule has 0 radical (unpaired) electrons. The van der Waals surface area contributed by atoms with Gasteiger partial charge in [-0.3, -0.25) is 4.79 Å². The highest BCUT2D eigenvalue weighted by atomic mass is 16.5. The molecule has 0 unspecified atom stereocenters. The number of aromatic nitrogens is 1. The number of carbonyl (C=O) groups excluding carboxylic acids is 1. The highest BCUT2D eigenvalue weighted by Gasteiger charge is 2.07. The molecule has 2 aromatic rings. The van der Waals surface area contributed by atoms with Crippen LogP contribution in [-0.4, -0.2) is 31.7 Å². The van der Waals surface area contributed by atoms with E-state index in [9.17, 15) is 4.79 Å². The topological polar surface area (TPSA) is 69.7 Å². The molecule has 6 nitrogen and oxygen atoms in total. The summed E-state index contributed by atoms with van der Waals surface area (Å²) in [5.74, 6) is 1.47. The van der Waals surface area contributed by atoms with Gasteiger partial charge in [-0.15, -0.1) is 0 Å². The summed E-state index contributed by atoms with van der Waals surface area (Å²) in [7, 11) is 3.15. The first kappa shape index (κ1) is 15.6. The first-order chi connectivity index (χ1) is 10.7. The van der Waals surface area contributed by atoms with E-state index in [1.54, 1.807) is 44.7 Å². The molecule has 2 rings (SSSR count). The van der Waals surface area contributed by atoms with Crippen molar-refractivity contribution >= 4 is 5.91 Å². The van der Waals surface area contributed by atoms with Gasteiger partial charge in [0.2, 0.25) is 5.88 Å². The summed E-state index contributed by atoms with van der Waals surface area (Å²) in [6, 6.07) is 10.8. The molecule has 22 heavy (non-hydrogen) atoms. The first-order valence-electron chi connectivity index (χ1n) is 6.74. The standard InChI is InChI=1S/C16H18N2O4/c1-20-13-7-6-12(9-14(13)21-2)10-18-15(19)11-22-16-5-3-4-8-17-16/h3-9H,10-11H2,1-2H3,(H,18,19). The van der Waals surface area contributed by atoms with Crippen LogP contribution in [0.1, 0.15) is 5.56 Å². The Morgan fingerprint density at radius 3 is 2.64 bits per heavy atom. The van der Waals surface area contributed by atoms with Crippen LogP contribution in [-0.2, 0) is 11.3 Å². The fourth-order valence-electron chi connectivity index (χ4n) is 1.81. The fraction of sp³-hybridized carbons (Fsp3) is 0.250. The van der Waals surface area contributed by atoms with Gasteiger partial charge in [0.25, 0.3) is 5.91 Å². The molecule has 0 saturated carbocycles. The Labute approximate surface area is 129 Å². The molecular formula is C16H18N2O4. The molecule has 0 bridgehead atoms. The van der Waals surface area contributed by atoms with Gasteiger partial charge >= 0.3 is 0 Å². The van der Waals surface area contributed by atoms with Crippen LogP contribution in [0.2, 0.25) is 0 Å². The minimum atomic E-state index is -0.222. The van der Waals surface area contributed by atoms with Crippen LogP contribution >= 0.6 is 0 Å². The van der Waals surface area contributed by atoms with Gasteiger partial charge < -0.3 is 19.5 Å². The largest absolute Gasteiger partial charge is 0.493 e. The normalized spacial score (nSPS) is 9.91. The molecule has 0 aliphatic heterocycles. The van der Waals surface area contributed by atoms with Crippen molar-refractivity contribution in [2.24, 2.45) is 0 Å². The number of carbonyl (C=O) groups is 1. The van der Waals surface area contributed by atoms with Crippen molar-refractivity contribution < 1.29 is 19.0 Å². The highest BCUT2D eigenvalue weighted by molar-refractivity contribution is 5.77. The Kier molecular flexibility index (Phi) is 5.59. The number of ether oxygens (including phenoxy) is 3. The number of methoxy groups -OCH3 is 2. The second-order valence-corrected chi connectivity index (χ2v) is 4.42. The maximum Gasteiger partial charge on any atom is 0.258 e. The first-order valence-corrected chi connectivity index (χ1v) is 6.74. The molecule has 6 heteroatoms. The highest BCUT2D eigenvalue weighted by Crippen LogP contribution is 2.27. The molecule has 1 aromatic heterocycles. The van der Waals surface area contributed by atoms with Gasteiger partial charge in [-0.25, -0.2) is 4.98 Å². The van der Waals surface area contributed by atoms with E-state index in [-0.39, 0.29) is 12.5 Å². The summed E-state index contributed by atoms with van der Waals surface area (Å²) in [5.41, 5.74) is 0.906. The van der Waals surface area contributed by atoms with Crippen molar-refractivity contribution in [1.29, 1.82) is 0 Å². The predicted molar refractivity (Wildman–Crippen MR) is 81.1 cm³/mol. The summed E-state index contributed by atoms with van der Waals surface area (Å²) >= 11 is 0. The van der Waals surface area contributed by atoms with Gasteiger partial charge in [0.1, 0.15) is 0 Å². The third-order valence-corrected chi connectivity index (χ3v) is 2.93. The lowest BCUT2D eigenvalue weighted by Crippen LogP contribution is -2.28. The molecule has 116 valence electrons. The molecule has 0 saturated heterocycles. The van der Waals surface area contributed by atoms with Crippen LogP contribution in [0.4, 0.5) is 0 Å². The van der Waals surface area contributed by atoms with E-state index in [4.69, 9.17) is 14.2 Å². The lowest BCUT2D eigenvalue weighted by atomic mass is 10.2. The monoisotopic (exact) mass is 302 g/mol. The lowest BCUT2D eigenvalue weighted by molar-refractivity contribution is -0.123. The summed E-state index contributed by atoms with van der Waals surface area (Å²) in [6.45, 7) is 0.301. The maximum atomic E-state index is 11.7. The van der Waals surface area contributed by atoms with Crippen molar-refractivity contribution in [2.45, 2.75) is 6.54 Å². The van der Waals surface area contributed by atoms with Crippen molar-refractivity contribution in [3.63, 3.8) is 0 Å². The van der Waals surface area contributed by atoms with Crippen molar-refractivity contribution in [1.82, 2.24) is 10.3 Å². The number of hydrogen-bond acceptors (Lipinski definition) is 5. The molecule has 0 spiro atoms. The van der Waals surface area contributed by atoms with E-state index in [2.05, 4.69) is 10.3 Å². The Bertz CT molecular complexity index is 617. The SMILES string of the molecule is COc1ccc(CNC(=O)COc2ccccn2)cc1OC. The third kappa shape index (κ3) is 4.37. The smallest absolute Gasteiger partial charge is 0.258 e. The van der Waals surface area contributed by atoms with Crippen LogP contribution in [0.25, 0.3) is 0 Å². The van der Waals surface area contributed by atoms with Crippen LogP contribution in [0, 0.1) is 0 Å². The maximum absolute atomic E-state index is 11.7. The van der Waals surface area contributed by atoms with Gasteiger partial charge in [-0.1, -0.05) is 12.1 Å². The van der Waals surface area contributed by atoms with Gasteiger partial charge in [0.15, 0.2) is 18.1 Å². The van der Waals surface area contributed by atoms with Gasteiger partial charge in [-0.05, 0) is 23.8 Å². The Balaban J connectivity index is 1.83. The van der Waals surface area contributed by atoms with Crippen LogP contribution in [0.15, 0.2) is 42.6 Å². The molecule has 1 heterocycles. The number of benzene rings is 1. The van der Waals surface area contributed by atoms with E-state index >= 15 is 0 Å². The van der Waals surface area contributed by atoms with E-state index in [0.717, 1.165) is 5.56 Å². The minimum Gasteiger partial charge on any atom is -0.493 e. The van der Waals surface area contributed by atoms with Crippen molar-refractivity contribution in [3.8, 4) is 17.4 Å².